The lowest BCUT2D eigenvalue weighted by atomic mass is 9.94. The van der Waals surface area contributed by atoms with E-state index in [1.54, 1.807) is 4.90 Å². The Balaban J connectivity index is 1.60. The fourth-order valence-corrected chi connectivity index (χ4v) is 6.20. The van der Waals surface area contributed by atoms with Gasteiger partial charge in [-0.25, -0.2) is 0 Å². The van der Waals surface area contributed by atoms with Gasteiger partial charge >= 0.3 is 0 Å². The minimum Gasteiger partial charge on any atom is -0.338 e. The van der Waals surface area contributed by atoms with Crippen molar-refractivity contribution in [2.75, 3.05) is 37.0 Å². The first-order valence-corrected chi connectivity index (χ1v) is 13.9. The maximum atomic E-state index is 14.0. The van der Waals surface area contributed by atoms with E-state index in [-0.39, 0.29) is 17.7 Å². The highest BCUT2D eigenvalue weighted by Gasteiger charge is 2.37. The molecule has 1 saturated heterocycles. The van der Waals surface area contributed by atoms with Gasteiger partial charge in [-0.1, -0.05) is 51.3 Å². The summed E-state index contributed by atoms with van der Waals surface area (Å²) in [5.41, 5.74) is 1.85. The number of hydrogen-bond acceptors (Lipinski definition) is 4. The molecule has 5 nitrogen and oxygen atoms in total. The van der Waals surface area contributed by atoms with Crippen molar-refractivity contribution in [1.29, 1.82) is 0 Å². The Morgan fingerprint density at radius 3 is 2.41 bits per heavy atom. The fraction of sp³-hybridized carbons (Fsp3) is 0.556. The van der Waals surface area contributed by atoms with E-state index in [4.69, 9.17) is 11.6 Å². The number of nitrogens with zero attached hydrogens (tertiary/aromatic N) is 3. The van der Waals surface area contributed by atoms with Crippen LogP contribution in [0, 0.1) is 0 Å². The van der Waals surface area contributed by atoms with Crippen LogP contribution in [0.2, 0.25) is 0 Å². The summed E-state index contributed by atoms with van der Waals surface area (Å²) in [6.45, 7) is 7.46. The number of halogens is 1. The molecular weight excluding hydrogens is 466 g/mol. The molecule has 1 aromatic carbocycles. The van der Waals surface area contributed by atoms with Gasteiger partial charge in [0.1, 0.15) is 11.9 Å². The first-order valence-electron chi connectivity index (χ1n) is 12.5. The molecule has 184 valence electrons. The van der Waals surface area contributed by atoms with Gasteiger partial charge in [0.05, 0.1) is 0 Å². The summed E-state index contributed by atoms with van der Waals surface area (Å²) in [7, 11) is 0. The highest BCUT2D eigenvalue weighted by Crippen LogP contribution is 2.34. The molecule has 2 aromatic rings. The molecule has 0 bridgehead atoms. The van der Waals surface area contributed by atoms with E-state index in [9.17, 15) is 9.59 Å². The molecule has 0 N–H and O–H groups in total. The molecule has 2 heterocycles. The average molecular weight is 502 g/mol. The number of rotatable bonds is 7. The maximum Gasteiger partial charge on any atom is 0.251 e. The molecule has 1 saturated carbocycles. The van der Waals surface area contributed by atoms with Crippen LogP contribution in [0.25, 0.3) is 0 Å². The Bertz CT molecular complexity index is 951. The smallest absolute Gasteiger partial charge is 0.251 e. The largest absolute Gasteiger partial charge is 0.338 e. The number of amides is 2. The number of alkyl halides is 1. The third kappa shape index (κ3) is 5.67. The molecule has 0 radical (unpaired) electrons. The fourth-order valence-electron chi connectivity index (χ4n) is 5.27. The van der Waals surface area contributed by atoms with Crippen molar-refractivity contribution in [3.8, 4) is 0 Å². The number of carbonyl (C=O) groups is 2. The predicted molar refractivity (Wildman–Crippen MR) is 141 cm³/mol. The first-order chi connectivity index (χ1) is 16.5. The SMILES string of the molecule is CC(C)c1cccc(N(C(=O)CCl)C(C(=O)N2CCN(C3CCCCC3)CC2)c2cccs2)c1. The van der Waals surface area contributed by atoms with Gasteiger partial charge in [0.2, 0.25) is 5.91 Å². The molecule has 1 aromatic heterocycles. The Morgan fingerprint density at radius 1 is 1.06 bits per heavy atom. The third-order valence-electron chi connectivity index (χ3n) is 7.22. The molecule has 2 fully saturated rings. The van der Waals surface area contributed by atoms with Crippen LogP contribution >= 0.6 is 22.9 Å². The van der Waals surface area contributed by atoms with Crippen molar-refractivity contribution >= 4 is 40.4 Å². The van der Waals surface area contributed by atoms with E-state index in [0.717, 1.165) is 29.2 Å². The number of piperazine rings is 1. The predicted octanol–water partition coefficient (Wildman–Crippen LogP) is 5.66. The van der Waals surface area contributed by atoms with Crippen molar-refractivity contribution in [2.45, 2.75) is 64.0 Å². The second-order valence-electron chi connectivity index (χ2n) is 9.72. The third-order valence-corrected chi connectivity index (χ3v) is 8.37. The number of carbonyl (C=O) groups excluding carboxylic acids is 2. The summed E-state index contributed by atoms with van der Waals surface area (Å²) >= 11 is 7.59. The normalized spacial score (nSPS) is 18.8. The number of anilines is 1. The molecule has 1 aliphatic heterocycles. The molecule has 4 rings (SSSR count). The molecule has 1 aliphatic carbocycles. The topological polar surface area (TPSA) is 43.9 Å². The molecular formula is C27H36ClN3O2S. The van der Waals surface area contributed by atoms with Crippen LogP contribution in [0.4, 0.5) is 5.69 Å². The van der Waals surface area contributed by atoms with Crippen LogP contribution in [0.3, 0.4) is 0 Å². The van der Waals surface area contributed by atoms with Crippen LogP contribution in [-0.2, 0) is 9.59 Å². The van der Waals surface area contributed by atoms with Crippen molar-refractivity contribution in [2.24, 2.45) is 0 Å². The lowest BCUT2D eigenvalue weighted by Crippen LogP contribution is -2.55. The number of benzene rings is 1. The molecule has 0 spiro atoms. The molecule has 34 heavy (non-hydrogen) atoms. The molecule has 2 amide bonds. The zero-order chi connectivity index (χ0) is 24.1. The average Bonchev–Trinajstić information content (AvgIpc) is 3.41. The summed E-state index contributed by atoms with van der Waals surface area (Å²) < 4.78 is 0. The minimum absolute atomic E-state index is 0.0147. The Labute approximate surface area is 212 Å². The second kappa shape index (κ2) is 11.7. The summed E-state index contributed by atoms with van der Waals surface area (Å²) in [5, 5.41) is 1.96. The molecule has 2 aliphatic rings. The maximum absolute atomic E-state index is 14.0. The summed E-state index contributed by atoms with van der Waals surface area (Å²) in [6.07, 6.45) is 6.52. The lowest BCUT2D eigenvalue weighted by Gasteiger charge is -2.42. The molecule has 1 atom stereocenters. The zero-order valence-electron chi connectivity index (χ0n) is 20.3. The van der Waals surface area contributed by atoms with Gasteiger partial charge in [0.25, 0.3) is 5.91 Å². The van der Waals surface area contributed by atoms with Crippen molar-refractivity contribution in [1.82, 2.24) is 9.80 Å². The van der Waals surface area contributed by atoms with Gasteiger partial charge < -0.3 is 4.90 Å². The number of hydrogen-bond donors (Lipinski definition) is 0. The van der Waals surface area contributed by atoms with Crippen LogP contribution in [0.5, 0.6) is 0 Å². The van der Waals surface area contributed by atoms with Crippen LogP contribution in [-0.4, -0.2) is 59.7 Å². The van der Waals surface area contributed by atoms with Gasteiger partial charge in [-0.2, -0.15) is 0 Å². The van der Waals surface area contributed by atoms with Gasteiger partial charge in [-0.05, 0) is 47.9 Å². The second-order valence-corrected chi connectivity index (χ2v) is 11.0. The summed E-state index contributed by atoms with van der Waals surface area (Å²) in [6, 6.07) is 11.8. The summed E-state index contributed by atoms with van der Waals surface area (Å²) in [5.74, 6) is -0.123. The quantitative estimate of drug-likeness (QED) is 0.460. The van der Waals surface area contributed by atoms with Crippen molar-refractivity contribution in [3.63, 3.8) is 0 Å². The Kier molecular flexibility index (Phi) is 8.67. The van der Waals surface area contributed by atoms with Crippen LogP contribution in [0.15, 0.2) is 41.8 Å². The summed E-state index contributed by atoms with van der Waals surface area (Å²) in [4.78, 5) is 34.2. The van der Waals surface area contributed by atoms with E-state index in [2.05, 4.69) is 24.8 Å². The van der Waals surface area contributed by atoms with E-state index in [0.29, 0.717) is 25.0 Å². The van der Waals surface area contributed by atoms with Gasteiger partial charge in [0.15, 0.2) is 0 Å². The van der Waals surface area contributed by atoms with Crippen molar-refractivity contribution in [3.05, 3.63) is 52.2 Å². The standard InChI is InChI=1S/C27H36ClN3O2S/c1-20(2)21-8-6-11-23(18-21)31(25(32)19-28)26(24-12-7-17-34-24)27(33)30-15-13-29(14-16-30)22-9-4-3-5-10-22/h6-8,11-12,17-18,20,22,26H,3-5,9-10,13-16,19H2,1-2H3. The van der Waals surface area contributed by atoms with Crippen LogP contribution in [0.1, 0.15) is 68.4 Å². The minimum atomic E-state index is -0.699. The van der Waals surface area contributed by atoms with E-state index in [1.165, 1.54) is 43.4 Å². The van der Waals surface area contributed by atoms with Crippen molar-refractivity contribution < 1.29 is 9.59 Å². The van der Waals surface area contributed by atoms with E-state index >= 15 is 0 Å². The van der Waals surface area contributed by atoms with Gasteiger partial charge in [-0.3, -0.25) is 19.4 Å². The highest BCUT2D eigenvalue weighted by atomic mass is 35.5. The number of thiophene rings is 1. The Morgan fingerprint density at radius 2 is 1.79 bits per heavy atom. The first kappa shape index (κ1) is 25.2. The van der Waals surface area contributed by atoms with E-state index < -0.39 is 6.04 Å². The van der Waals surface area contributed by atoms with E-state index in [1.807, 2.05) is 40.6 Å². The van der Waals surface area contributed by atoms with Gasteiger partial charge in [-0.15, -0.1) is 22.9 Å². The molecule has 1 unspecified atom stereocenters. The zero-order valence-corrected chi connectivity index (χ0v) is 21.9. The van der Waals surface area contributed by atoms with Crippen LogP contribution < -0.4 is 4.90 Å². The molecule has 7 heteroatoms. The monoisotopic (exact) mass is 501 g/mol. The lowest BCUT2D eigenvalue weighted by molar-refractivity contribution is -0.136. The van der Waals surface area contributed by atoms with Gasteiger partial charge in [0, 0.05) is 42.8 Å². The highest BCUT2D eigenvalue weighted by molar-refractivity contribution is 7.10. The Hall–Kier alpha value is -1.89.